The molecule has 0 aliphatic carbocycles. The van der Waals surface area contributed by atoms with E-state index in [2.05, 4.69) is 17.2 Å². The molecule has 6 nitrogen and oxygen atoms in total. The molecule has 1 heterocycles. The fourth-order valence-corrected chi connectivity index (χ4v) is 8.50. The highest BCUT2D eigenvalue weighted by Crippen LogP contribution is 2.36. The van der Waals surface area contributed by atoms with Crippen molar-refractivity contribution in [3.05, 3.63) is 143 Å². The molecule has 1 aliphatic heterocycles. The Morgan fingerprint density at radius 1 is 1.00 bits per heavy atom. The molecule has 4 unspecified atom stereocenters. The quantitative estimate of drug-likeness (QED) is 0.152. The largest absolute Gasteiger partial charge is 0.325 e. The monoisotopic (exact) mass is 677 g/mol. The Morgan fingerprint density at radius 2 is 1.70 bits per heavy atom. The molecule has 0 radical (unpaired) electrons. The highest BCUT2D eigenvalue weighted by molar-refractivity contribution is 7.89. The molecule has 1 amide bonds. The number of rotatable bonds is 12. The number of amides is 1. The van der Waals surface area contributed by atoms with E-state index in [1.807, 2.05) is 13.0 Å². The molecule has 0 bridgehead atoms. The first-order valence-electron chi connectivity index (χ1n) is 15.6. The minimum Gasteiger partial charge on any atom is -0.325 e. The molecule has 47 heavy (non-hydrogen) atoms. The second kappa shape index (κ2) is 15.3. The van der Waals surface area contributed by atoms with Crippen LogP contribution in [-0.2, 0) is 21.2 Å². The predicted molar refractivity (Wildman–Crippen MR) is 183 cm³/mol. The van der Waals surface area contributed by atoms with Crippen molar-refractivity contribution in [2.75, 3.05) is 18.4 Å². The molecule has 10 heteroatoms. The van der Waals surface area contributed by atoms with Crippen molar-refractivity contribution in [1.82, 2.24) is 9.62 Å². The van der Waals surface area contributed by atoms with Crippen molar-refractivity contribution in [2.45, 2.75) is 49.1 Å². The Morgan fingerprint density at radius 3 is 2.40 bits per heavy atom. The maximum Gasteiger partial charge on any atom is 0.243 e. The Bertz CT molecular complexity index is 1780. The summed E-state index contributed by atoms with van der Waals surface area (Å²) < 4.78 is 58.5. The average Bonchev–Trinajstić information content (AvgIpc) is 3.05. The zero-order valence-electron chi connectivity index (χ0n) is 26.1. The lowest BCUT2D eigenvalue weighted by Crippen LogP contribution is -2.58. The molecule has 0 spiro atoms. The first-order chi connectivity index (χ1) is 22.6. The van der Waals surface area contributed by atoms with E-state index in [1.165, 1.54) is 30.3 Å². The minimum absolute atomic E-state index is 0.240. The van der Waals surface area contributed by atoms with Gasteiger partial charge in [-0.1, -0.05) is 66.2 Å². The first-order valence-corrected chi connectivity index (χ1v) is 17.4. The number of nitrogens with zero attached hydrogens (tertiary/aromatic N) is 1. The van der Waals surface area contributed by atoms with Crippen LogP contribution >= 0.6 is 11.6 Å². The lowest BCUT2D eigenvalue weighted by atomic mass is 9.80. The Labute approximate surface area is 280 Å². The van der Waals surface area contributed by atoms with Gasteiger partial charge in [0.25, 0.3) is 0 Å². The van der Waals surface area contributed by atoms with Crippen LogP contribution in [0.5, 0.6) is 0 Å². The van der Waals surface area contributed by atoms with Crippen LogP contribution in [0.25, 0.3) is 0 Å². The summed E-state index contributed by atoms with van der Waals surface area (Å²) in [5.74, 6) is -2.82. The molecule has 1 aliphatic rings. The molecular weight excluding hydrogens is 640 g/mol. The summed E-state index contributed by atoms with van der Waals surface area (Å²) in [4.78, 5) is 14.1. The number of nitrogens with one attached hydrogen (secondary N) is 2. The maximum atomic E-state index is 15.3. The van der Waals surface area contributed by atoms with Gasteiger partial charge in [0, 0.05) is 47.4 Å². The van der Waals surface area contributed by atoms with E-state index >= 15 is 4.39 Å². The van der Waals surface area contributed by atoms with Gasteiger partial charge in [0.15, 0.2) is 0 Å². The van der Waals surface area contributed by atoms with E-state index in [0.717, 1.165) is 0 Å². The fraction of sp³-hybridized carbons (Fsp3) is 0.270. The molecule has 4 atom stereocenters. The molecular formula is C37H38ClF2N3O3S. The normalized spacial score (nSPS) is 18.3. The summed E-state index contributed by atoms with van der Waals surface area (Å²) >= 11 is 6.30. The molecule has 2 N–H and O–H groups in total. The van der Waals surface area contributed by atoms with Gasteiger partial charge < -0.3 is 10.6 Å². The van der Waals surface area contributed by atoms with Gasteiger partial charge in [-0.3, -0.25) is 4.79 Å². The molecule has 0 saturated carbocycles. The highest BCUT2D eigenvalue weighted by Gasteiger charge is 2.37. The van der Waals surface area contributed by atoms with Crippen molar-refractivity contribution in [2.24, 2.45) is 5.92 Å². The van der Waals surface area contributed by atoms with Crippen LogP contribution in [-0.4, -0.2) is 43.8 Å². The lowest BCUT2D eigenvalue weighted by molar-refractivity contribution is -0.118. The van der Waals surface area contributed by atoms with Crippen molar-refractivity contribution in [1.29, 1.82) is 0 Å². The van der Waals surface area contributed by atoms with Crippen molar-refractivity contribution in [3.8, 4) is 0 Å². The summed E-state index contributed by atoms with van der Waals surface area (Å²) in [6, 6.07) is 25.4. The van der Waals surface area contributed by atoms with Gasteiger partial charge in [-0.2, -0.15) is 4.31 Å². The molecule has 246 valence electrons. The third-order valence-electron chi connectivity index (χ3n) is 8.60. The van der Waals surface area contributed by atoms with Crippen molar-refractivity contribution in [3.63, 3.8) is 0 Å². The zero-order valence-corrected chi connectivity index (χ0v) is 27.7. The summed E-state index contributed by atoms with van der Waals surface area (Å²) in [6.07, 6.45) is 2.73. The second-order valence-electron chi connectivity index (χ2n) is 11.8. The summed E-state index contributed by atoms with van der Waals surface area (Å²) in [6.45, 7) is 6.80. The van der Waals surface area contributed by atoms with Gasteiger partial charge in [0.05, 0.1) is 10.8 Å². The molecule has 0 aromatic heterocycles. The van der Waals surface area contributed by atoms with Crippen molar-refractivity contribution < 1.29 is 22.0 Å². The standard InChI is InChI=1S/C37H38ClF2N3O3S/c1-3-32(36(26-11-7-13-28(38)21-26)27-12-8-14-29(39)22-27)37(44)42-35-20-10-19-34(40)33(35)18-9-15-30-24-41-23-25(2)43(30)47(45,46)31-16-5-4-6-17-31/h3-8,10-14,16-17,19-22,25,30,32,36,41H,1,9,15,18,23-24H2,2H3,(H,42,44). The summed E-state index contributed by atoms with van der Waals surface area (Å²) in [5.41, 5.74) is 1.91. The number of hydrogen-bond donors (Lipinski definition) is 2. The van der Waals surface area contributed by atoms with E-state index in [0.29, 0.717) is 53.3 Å². The summed E-state index contributed by atoms with van der Waals surface area (Å²) in [5, 5.41) is 6.70. The number of hydrogen-bond acceptors (Lipinski definition) is 4. The predicted octanol–water partition coefficient (Wildman–Crippen LogP) is 7.56. The Kier molecular flexibility index (Phi) is 11.2. The lowest BCUT2D eigenvalue weighted by Gasteiger charge is -2.40. The number of sulfonamides is 1. The van der Waals surface area contributed by atoms with Crippen LogP contribution in [0, 0.1) is 17.6 Å². The van der Waals surface area contributed by atoms with E-state index in [9.17, 15) is 17.6 Å². The van der Waals surface area contributed by atoms with Crippen LogP contribution < -0.4 is 10.6 Å². The summed E-state index contributed by atoms with van der Waals surface area (Å²) in [7, 11) is -3.74. The van der Waals surface area contributed by atoms with Gasteiger partial charge in [-0.15, -0.1) is 6.58 Å². The third kappa shape index (κ3) is 7.99. The first kappa shape index (κ1) is 34.4. The minimum atomic E-state index is -3.74. The number of carbonyl (C=O) groups is 1. The SMILES string of the molecule is C=CC(C(=O)Nc1cccc(F)c1CCCC1CNCC(C)N1S(=O)(=O)c1ccccc1)C(c1cccc(F)c1)c1cccc(Cl)c1. The number of piperazine rings is 1. The van der Waals surface area contributed by atoms with Gasteiger partial charge >= 0.3 is 0 Å². The van der Waals surface area contributed by atoms with E-state index in [-0.39, 0.29) is 23.4 Å². The Balaban J connectivity index is 1.36. The number of carbonyl (C=O) groups excluding carboxylic acids is 1. The van der Waals surface area contributed by atoms with E-state index < -0.39 is 39.4 Å². The average molecular weight is 678 g/mol. The Hall–Kier alpha value is -3.89. The van der Waals surface area contributed by atoms with Crippen LogP contribution in [0.4, 0.5) is 14.5 Å². The van der Waals surface area contributed by atoms with Gasteiger partial charge in [-0.25, -0.2) is 17.2 Å². The molecule has 4 aromatic carbocycles. The molecule has 5 rings (SSSR count). The van der Waals surface area contributed by atoms with Crippen LogP contribution in [0.15, 0.2) is 115 Å². The topological polar surface area (TPSA) is 78.5 Å². The zero-order chi connectivity index (χ0) is 33.6. The smallest absolute Gasteiger partial charge is 0.243 e. The number of anilines is 1. The van der Waals surface area contributed by atoms with Gasteiger partial charge in [-0.05, 0) is 85.8 Å². The van der Waals surface area contributed by atoms with Crippen LogP contribution in [0.3, 0.4) is 0 Å². The van der Waals surface area contributed by atoms with Crippen LogP contribution in [0.1, 0.15) is 42.4 Å². The fourth-order valence-electron chi connectivity index (χ4n) is 6.44. The van der Waals surface area contributed by atoms with E-state index in [1.54, 1.807) is 71.0 Å². The van der Waals surface area contributed by atoms with Crippen LogP contribution in [0.2, 0.25) is 5.02 Å². The van der Waals surface area contributed by atoms with Crippen molar-refractivity contribution >= 4 is 33.2 Å². The maximum absolute atomic E-state index is 15.3. The third-order valence-corrected chi connectivity index (χ3v) is 10.9. The number of benzene rings is 4. The molecule has 1 saturated heterocycles. The second-order valence-corrected chi connectivity index (χ2v) is 14.1. The highest BCUT2D eigenvalue weighted by atomic mass is 35.5. The van der Waals surface area contributed by atoms with Gasteiger partial charge in [0.2, 0.25) is 15.9 Å². The molecule has 1 fully saturated rings. The molecule has 4 aromatic rings. The number of halogens is 3. The van der Waals surface area contributed by atoms with E-state index in [4.69, 9.17) is 11.6 Å². The van der Waals surface area contributed by atoms with Gasteiger partial charge in [0.1, 0.15) is 11.6 Å².